The number of hydrogen-bond donors (Lipinski definition) is 2. The van der Waals surface area contributed by atoms with E-state index in [1.165, 1.54) is 11.1 Å². The molecule has 0 fully saturated rings. The van der Waals surface area contributed by atoms with Crippen molar-refractivity contribution in [3.8, 4) is 0 Å². The summed E-state index contributed by atoms with van der Waals surface area (Å²) < 4.78 is 0. The molecule has 24 heavy (non-hydrogen) atoms. The number of para-hydroxylation sites is 1. The molecule has 126 valence electrons. The van der Waals surface area contributed by atoms with E-state index >= 15 is 0 Å². The molecule has 0 atom stereocenters. The van der Waals surface area contributed by atoms with Crippen molar-refractivity contribution in [2.45, 2.75) is 26.2 Å². The maximum atomic E-state index is 11.5. The predicted molar refractivity (Wildman–Crippen MR) is 99.5 cm³/mol. The van der Waals surface area contributed by atoms with Gasteiger partial charge in [-0.1, -0.05) is 49.4 Å². The zero-order chi connectivity index (χ0) is 16.8. The molecule has 0 saturated carbocycles. The molecule has 0 bridgehead atoms. The first-order valence-electron chi connectivity index (χ1n) is 8.72. The Morgan fingerprint density at radius 3 is 2.46 bits per heavy atom. The summed E-state index contributed by atoms with van der Waals surface area (Å²) in [6.45, 7) is 5.40. The molecule has 1 aromatic heterocycles. The first kappa shape index (κ1) is 16.5. The summed E-state index contributed by atoms with van der Waals surface area (Å²) in [5.74, 6) is 0. The topological polar surface area (TPSA) is 51.9 Å². The van der Waals surface area contributed by atoms with Gasteiger partial charge in [-0.3, -0.25) is 0 Å². The number of benzene rings is 2. The highest BCUT2D eigenvalue weighted by Gasteiger charge is 2.08. The monoisotopic (exact) mass is 323 g/mol. The second kappa shape index (κ2) is 7.97. The Bertz CT molecular complexity index is 820. The summed E-state index contributed by atoms with van der Waals surface area (Å²) in [5.41, 5.74) is 4.29. The van der Waals surface area contributed by atoms with Gasteiger partial charge in [0.1, 0.15) is 0 Å². The molecule has 3 aromatic rings. The van der Waals surface area contributed by atoms with Gasteiger partial charge in [0, 0.05) is 13.1 Å². The van der Waals surface area contributed by atoms with Gasteiger partial charge in [0.15, 0.2) is 0 Å². The maximum Gasteiger partial charge on any atom is 0.323 e. The minimum atomic E-state index is -0.132. The fourth-order valence-electron chi connectivity index (χ4n) is 3.19. The second-order valence-electron chi connectivity index (χ2n) is 6.25. The fraction of sp³-hybridized carbons (Fsp3) is 0.350. The van der Waals surface area contributed by atoms with E-state index in [0.717, 1.165) is 49.9 Å². The third-order valence-corrected chi connectivity index (χ3v) is 4.43. The van der Waals surface area contributed by atoms with E-state index in [2.05, 4.69) is 58.2 Å². The van der Waals surface area contributed by atoms with Crippen LogP contribution in [0.4, 0.5) is 0 Å². The third kappa shape index (κ3) is 4.15. The van der Waals surface area contributed by atoms with Crippen molar-refractivity contribution in [1.29, 1.82) is 0 Å². The van der Waals surface area contributed by atoms with Crippen LogP contribution in [0.5, 0.6) is 0 Å². The van der Waals surface area contributed by atoms with E-state index in [-0.39, 0.29) is 5.69 Å². The van der Waals surface area contributed by atoms with Crippen LogP contribution in [0.3, 0.4) is 0 Å². The van der Waals surface area contributed by atoms with Gasteiger partial charge in [0.25, 0.3) is 0 Å². The molecule has 1 heterocycles. The quantitative estimate of drug-likeness (QED) is 0.668. The van der Waals surface area contributed by atoms with Gasteiger partial charge in [0.2, 0.25) is 0 Å². The smallest absolute Gasteiger partial charge is 0.306 e. The van der Waals surface area contributed by atoms with E-state index < -0.39 is 0 Å². The SMILES string of the molecule is CCCN(CCc1ccccc1)CCc1cccc2[nH]c(=O)[nH]c12. The number of nitrogens with zero attached hydrogens (tertiary/aromatic N) is 1. The normalized spacial score (nSPS) is 11.4. The number of H-pyrrole nitrogens is 2. The number of hydrogen-bond acceptors (Lipinski definition) is 2. The van der Waals surface area contributed by atoms with Crippen LogP contribution in [0.15, 0.2) is 53.3 Å². The summed E-state index contributed by atoms with van der Waals surface area (Å²) in [7, 11) is 0. The molecule has 4 nitrogen and oxygen atoms in total. The molecule has 2 aromatic carbocycles. The number of aromatic amines is 2. The van der Waals surface area contributed by atoms with Crippen LogP contribution in [0, 0.1) is 0 Å². The Balaban J connectivity index is 1.63. The molecule has 2 N–H and O–H groups in total. The highest BCUT2D eigenvalue weighted by Crippen LogP contribution is 2.14. The molecule has 0 spiro atoms. The lowest BCUT2D eigenvalue weighted by Gasteiger charge is -2.22. The number of aromatic nitrogens is 2. The first-order valence-corrected chi connectivity index (χ1v) is 8.72. The Kier molecular flexibility index (Phi) is 5.49. The van der Waals surface area contributed by atoms with Gasteiger partial charge in [-0.25, -0.2) is 4.79 Å². The standard InChI is InChI=1S/C20H25N3O/c1-2-13-23(14-11-16-7-4-3-5-8-16)15-12-17-9-6-10-18-19(17)22-20(24)21-18/h3-10H,2,11-15H2,1H3,(H2,21,22,24). The zero-order valence-electron chi connectivity index (χ0n) is 14.2. The third-order valence-electron chi connectivity index (χ3n) is 4.43. The number of fused-ring (bicyclic) bond motifs is 1. The molecule has 0 amide bonds. The lowest BCUT2D eigenvalue weighted by molar-refractivity contribution is 0.281. The van der Waals surface area contributed by atoms with Crippen LogP contribution in [0.1, 0.15) is 24.5 Å². The minimum absolute atomic E-state index is 0.132. The second-order valence-corrected chi connectivity index (χ2v) is 6.25. The van der Waals surface area contributed by atoms with Crippen molar-refractivity contribution in [2.75, 3.05) is 19.6 Å². The first-order chi connectivity index (χ1) is 11.8. The van der Waals surface area contributed by atoms with E-state index in [9.17, 15) is 4.79 Å². The lowest BCUT2D eigenvalue weighted by atomic mass is 10.1. The van der Waals surface area contributed by atoms with Crippen molar-refractivity contribution in [2.24, 2.45) is 0 Å². The van der Waals surface area contributed by atoms with Crippen molar-refractivity contribution in [1.82, 2.24) is 14.9 Å². The fourth-order valence-corrected chi connectivity index (χ4v) is 3.19. The molecule has 3 rings (SSSR count). The van der Waals surface area contributed by atoms with E-state index in [1.807, 2.05) is 12.1 Å². The van der Waals surface area contributed by atoms with Crippen LogP contribution in [0.25, 0.3) is 11.0 Å². The lowest BCUT2D eigenvalue weighted by Crippen LogP contribution is -2.29. The molecule has 0 saturated heterocycles. The van der Waals surface area contributed by atoms with Gasteiger partial charge in [-0.15, -0.1) is 0 Å². The van der Waals surface area contributed by atoms with Gasteiger partial charge in [-0.2, -0.15) is 0 Å². The molecular formula is C20H25N3O. The Morgan fingerprint density at radius 1 is 0.875 bits per heavy atom. The number of rotatable bonds is 8. The zero-order valence-corrected chi connectivity index (χ0v) is 14.2. The van der Waals surface area contributed by atoms with Gasteiger partial charge in [0.05, 0.1) is 11.0 Å². The van der Waals surface area contributed by atoms with Gasteiger partial charge in [-0.05, 0) is 43.0 Å². The van der Waals surface area contributed by atoms with Crippen LogP contribution in [-0.4, -0.2) is 34.5 Å². The van der Waals surface area contributed by atoms with Gasteiger partial charge >= 0.3 is 5.69 Å². The van der Waals surface area contributed by atoms with E-state index in [4.69, 9.17) is 0 Å². The Labute approximate surface area is 142 Å². The highest BCUT2D eigenvalue weighted by molar-refractivity contribution is 5.78. The highest BCUT2D eigenvalue weighted by atomic mass is 16.1. The van der Waals surface area contributed by atoms with Crippen LogP contribution in [-0.2, 0) is 12.8 Å². The number of nitrogens with one attached hydrogen (secondary N) is 2. The summed E-state index contributed by atoms with van der Waals surface area (Å²) in [6, 6.07) is 16.7. The maximum absolute atomic E-state index is 11.5. The van der Waals surface area contributed by atoms with E-state index in [0.29, 0.717) is 0 Å². The average Bonchev–Trinajstić information content (AvgIpc) is 2.99. The molecule has 0 aliphatic carbocycles. The molecule has 0 unspecified atom stereocenters. The summed E-state index contributed by atoms with van der Waals surface area (Å²) in [5, 5.41) is 0. The number of imidazole rings is 1. The van der Waals surface area contributed by atoms with E-state index in [1.54, 1.807) is 0 Å². The predicted octanol–water partition coefficient (Wildman–Crippen LogP) is 3.35. The molecule has 0 aliphatic rings. The molecular weight excluding hydrogens is 298 g/mol. The Hall–Kier alpha value is -2.33. The van der Waals surface area contributed by atoms with Crippen molar-refractivity contribution >= 4 is 11.0 Å². The van der Waals surface area contributed by atoms with Crippen LogP contribution >= 0.6 is 0 Å². The van der Waals surface area contributed by atoms with Crippen LogP contribution in [0.2, 0.25) is 0 Å². The average molecular weight is 323 g/mol. The largest absolute Gasteiger partial charge is 0.323 e. The molecule has 0 aliphatic heterocycles. The van der Waals surface area contributed by atoms with Gasteiger partial charge < -0.3 is 14.9 Å². The molecule has 0 radical (unpaired) electrons. The summed E-state index contributed by atoms with van der Waals surface area (Å²) in [4.78, 5) is 19.8. The van der Waals surface area contributed by atoms with Crippen LogP contribution < -0.4 is 5.69 Å². The molecule has 4 heteroatoms. The van der Waals surface area contributed by atoms with Crippen molar-refractivity contribution in [3.63, 3.8) is 0 Å². The van der Waals surface area contributed by atoms with Crippen molar-refractivity contribution < 1.29 is 0 Å². The summed E-state index contributed by atoms with van der Waals surface area (Å²) in [6.07, 6.45) is 3.17. The summed E-state index contributed by atoms with van der Waals surface area (Å²) >= 11 is 0. The Morgan fingerprint density at radius 2 is 1.67 bits per heavy atom. The van der Waals surface area contributed by atoms with Crippen molar-refractivity contribution in [3.05, 3.63) is 70.1 Å². The minimum Gasteiger partial charge on any atom is -0.306 e.